The molecule has 41 heavy (non-hydrogen) atoms. The van der Waals surface area contributed by atoms with Gasteiger partial charge in [0.1, 0.15) is 18.0 Å². The number of hydrogen-bond donors (Lipinski definition) is 0. The van der Waals surface area contributed by atoms with Gasteiger partial charge in [0.15, 0.2) is 11.5 Å². The van der Waals surface area contributed by atoms with E-state index in [1.54, 1.807) is 30.3 Å². The summed E-state index contributed by atoms with van der Waals surface area (Å²) < 4.78 is 16.4. The highest BCUT2D eigenvalue weighted by Crippen LogP contribution is 2.28. The molecule has 4 aromatic rings. The number of benzene rings is 2. The number of rotatable bonds is 11. The first-order chi connectivity index (χ1) is 20.1. The number of para-hydroxylation sites is 2. The molecule has 9 heteroatoms. The summed E-state index contributed by atoms with van der Waals surface area (Å²) >= 11 is 0. The normalized spacial score (nSPS) is 13.6. The lowest BCUT2D eigenvalue weighted by Gasteiger charge is -2.35. The maximum Gasteiger partial charge on any atom is 0.274 e. The molecule has 2 aromatic carbocycles. The zero-order chi connectivity index (χ0) is 28.6. The molecule has 2 heterocycles. The van der Waals surface area contributed by atoms with Gasteiger partial charge in [0.25, 0.3) is 5.91 Å². The maximum atomic E-state index is 13.9. The fraction of sp³-hybridized carbons (Fsp3) is 0.375. The number of ether oxygens (including phenoxy) is 2. The van der Waals surface area contributed by atoms with Crippen molar-refractivity contribution in [3.8, 4) is 11.5 Å². The second kappa shape index (κ2) is 13.3. The van der Waals surface area contributed by atoms with Crippen molar-refractivity contribution in [2.45, 2.75) is 51.1 Å². The quantitative estimate of drug-likeness (QED) is 0.248. The van der Waals surface area contributed by atoms with E-state index < -0.39 is 0 Å². The summed E-state index contributed by atoms with van der Waals surface area (Å²) in [6, 6.07) is 16.9. The maximum absolute atomic E-state index is 13.9. The first kappa shape index (κ1) is 28.1. The number of amides is 2. The molecule has 2 amide bonds. The van der Waals surface area contributed by atoms with Crippen LogP contribution in [-0.4, -0.2) is 64.9 Å². The molecule has 1 aliphatic rings. The monoisotopic (exact) mass is 556 g/mol. The fourth-order valence-corrected chi connectivity index (χ4v) is 5.40. The van der Waals surface area contributed by atoms with Gasteiger partial charge in [-0.1, -0.05) is 37.5 Å². The Bertz CT molecular complexity index is 1470. The number of carbonyl (C=O) groups excluding carboxylic acids is 2. The Morgan fingerprint density at radius 1 is 0.951 bits per heavy atom. The number of aromatic nitrogens is 2. The number of nitrogens with zero attached hydrogens (tertiary/aromatic N) is 4. The fourth-order valence-electron chi connectivity index (χ4n) is 5.40. The molecule has 1 saturated carbocycles. The Kier molecular flexibility index (Phi) is 9.13. The zero-order valence-electron chi connectivity index (χ0n) is 23.6. The molecule has 5 rings (SSSR count). The van der Waals surface area contributed by atoms with Crippen LogP contribution >= 0.6 is 0 Å². The summed E-state index contributed by atoms with van der Waals surface area (Å²) in [5, 5.41) is 0. The second-order valence-corrected chi connectivity index (χ2v) is 10.3. The van der Waals surface area contributed by atoms with Crippen molar-refractivity contribution in [2.75, 3.05) is 27.3 Å². The lowest BCUT2D eigenvalue weighted by Crippen LogP contribution is -2.48. The summed E-state index contributed by atoms with van der Waals surface area (Å²) in [4.78, 5) is 40.3. The molecular weight excluding hydrogens is 520 g/mol. The van der Waals surface area contributed by atoms with Crippen LogP contribution in [-0.2, 0) is 17.8 Å². The first-order valence-electron chi connectivity index (χ1n) is 14.1. The summed E-state index contributed by atoms with van der Waals surface area (Å²) in [5.41, 5.74) is 2.64. The molecule has 0 N–H and O–H groups in total. The standard InChI is InChI=1S/C32H36N4O5/c1-39-29-15-14-23(19-30(29)40-2)16-17-35(21-25-11-8-18-41-25)31(37)22-36(24-9-4-3-5-10-24)32(38)28-20-33-26-12-6-7-13-27(26)34-28/h6-8,11-15,18-20,24H,3-5,9-10,16-17,21-22H2,1-2H3. The van der Waals surface area contributed by atoms with Crippen molar-refractivity contribution in [3.63, 3.8) is 0 Å². The molecular formula is C32H36N4O5. The topological polar surface area (TPSA) is 98.0 Å². The minimum absolute atomic E-state index is 0.0233. The number of hydrogen-bond acceptors (Lipinski definition) is 7. The van der Waals surface area contributed by atoms with Crippen molar-refractivity contribution in [1.29, 1.82) is 0 Å². The van der Waals surface area contributed by atoms with Crippen molar-refractivity contribution in [3.05, 3.63) is 84.1 Å². The van der Waals surface area contributed by atoms with Gasteiger partial charge in [-0.3, -0.25) is 14.6 Å². The Labute approximate surface area is 240 Å². The highest BCUT2D eigenvalue weighted by Gasteiger charge is 2.31. The van der Waals surface area contributed by atoms with E-state index in [0.29, 0.717) is 42.3 Å². The van der Waals surface area contributed by atoms with E-state index >= 15 is 0 Å². The minimum atomic E-state index is -0.263. The lowest BCUT2D eigenvalue weighted by atomic mass is 9.94. The molecule has 214 valence electrons. The molecule has 0 bridgehead atoms. The third-order valence-electron chi connectivity index (χ3n) is 7.65. The molecule has 0 aliphatic heterocycles. The van der Waals surface area contributed by atoms with Gasteiger partial charge in [-0.2, -0.15) is 0 Å². The van der Waals surface area contributed by atoms with Gasteiger partial charge in [-0.25, -0.2) is 4.98 Å². The molecule has 0 saturated heterocycles. The highest BCUT2D eigenvalue weighted by atomic mass is 16.5. The average Bonchev–Trinajstić information content (AvgIpc) is 3.54. The van der Waals surface area contributed by atoms with Crippen LogP contribution in [0.25, 0.3) is 11.0 Å². The number of furan rings is 1. The van der Waals surface area contributed by atoms with Crippen LogP contribution in [0.4, 0.5) is 0 Å². The Morgan fingerprint density at radius 3 is 2.46 bits per heavy atom. The Balaban J connectivity index is 1.37. The van der Waals surface area contributed by atoms with E-state index in [1.165, 1.54) is 6.20 Å². The SMILES string of the molecule is COc1ccc(CCN(Cc2ccco2)C(=O)CN(C(=O)c2cnc3ccccc3n2)C2CCCCC2)cc1OC. The highest BCUT2D eigenvalue weighted by molar-refractivity contribution is 5.96. The predicted octanol–water partition coefficient (Wildman–Crippen LogP) is 5.29. The molecule has 0 radical (unpaired) electrons. The molecule has 0 unspecified atom stereocenters. The van der Waals surface area contributed by atoms with Gasteiger partial charge in [-0.15, -0.1) is 0 Å². The van der Waals surface area contributed by atoms with Gasteiger partial charge < -0.3 is 23.7 Å². The van der Waals surface area contributed by atoms with Gasteiger partial charge >= 0.3 is 0 Å². The van der Waals surface area contributed by atoms with Gasteiger partial charge in [0.2, 0.25) is 5.91 Å². The van der Waals surface area contributed by atoms with E-state index in [9.17, 15) is 9.59 Å². The number of methoxy groups -OCH3 is 2. The van der Waals surface area contributed by atoms with Crippen LogP contribution in [0.1, 0.15) is 53.9 Å². The van der Waals surface area contributed by atoms with Gasteiger partial charge in [-0.05, 0) is 61.2 Å². The van der Waals surface area contributed by atoms with Crippen LogP contribution in [0.15, 0.2) is 71.5 Å². The minimum Gasteiger partial charge on any atom is -0.493 e. The van der Waals surface area contributed by atoms with Crippen molar-refractivity contribution in [1.82, 2.24) is 19.8 Å². The van der Waals surface area contributed by atoms with E-state index in [2.05, 4.69) is 9.97 Å². The van der Waals surface area contributed by atoms with Gasteiger partial charge in [0.05, 0.1) is 44.3 Å². The summed E-state index contributed by atoms with van der Waals surface area (Å²) in [7, 11) is 3.20. The Hall–Kier alpha value is -4.40. The lowest BCUT2D eigenvalue weighted by molar-refractivity contribution is -0.133. The third-order valence-corrected chi connectivity index (χ3v) is 7.65. The molecule has 0 atom stereocenters. The third kappa shape index (κ3) is 6.85. The van der Waals surface area contributed by atoms with Crippen molar-refractivity contribution < 1.29 is 23.5 Å². The molecule has 0 spiro atoms. The summed E-state index contributed by atoms with van der Waals surface area (Å²) in [6.07, 6.45) is 8.64. The van der Waals surface area contributed by atoms with E-state index in [-0.39, 0.29) is 30.1 Å². The molecule has 1 aliphatic carbocycles. The van der Waals surface area contributed by atoms with Crippen molar-refractivity contribution in [2.24, 2.45) is 0 Å². The van der Waals surface area contributed by atoms with Crippen LogP contribution in [0, 0.1) is 0 Å². The van der Waals surface area contributed by atoms with E-state index in [0.717, 1.165) is 43.2 Å². The van der Waals surface area contributed by atoms with Crippen LogP contribution in [0.5, 0.6) is 11.5 Å². The predicted molar refractivity (Wildman–Crippen MR) is 155 cm³/mol. The summed E-state index contributed by atoms with van der Waals surface area (Å²) in [6.45, 7) is 0.712. The number of carbonyl (C=O) groups is 2. The molecule has 1 fully saturated rings. The van der Waals surface area contributed by atoms with Crippen molar-refractivity contribution >= 4 is 22.8 Å². The Morgan fingerprint density at radius 2 is 1.73 bits per heavy atom. The van der Waals surface area contributed by atoms with Crippen LogP contribution < -0.4 is 9.47 Å². The molecule has 9 nitrogen and oxygen atoms in total. The summed E-state index contributed by atoms with van der Waals surface area (Å²) in [5.74, 6) is 1.56. The van der Waals surface area contributed by atoms with Crippen LogP contribution in [0.3, 0.4) is 0 Å². The number of fused-ring (bicyclic) bond motifs is 1. The van der Waals surface area contributed by atoms with Crippen LogP contribution in [0.2, 0.25) is 0 Å². The average molecular weight is 557 g/mol. The second-order valence-electron chi connectivity index (χ2n) is 10.3. The largest absolute Gasteiger partial charge is 0.493 e. The molecule has 2 aromatic heterocycles. The van der Waals surface area contributed by atoms with E-state index in [1.807, 2.05) is 54.6 Å². The smallest absolute Gasteiger partial charge is 0.274 e. The zero-order valence-corrected chi connectivity index (χ0v) is 23.6. The van der Waals surface area contributed by atoms with E-state index in [4.69, 9.17) is 13.9 Å². The van der Waals surface area contributed by atoms with Gasteiger partial charge in [0, 0.05) is 12.6 Å². The first-order valence-corrected chi connectivity index (χ1v) is 14.1.